The molecule has 0 radical (unpaired) electrons. The average Bonchev–Trinajstić information content (AvgIpc) is 2.40. The van der Waals surface area contributed by atoms with Gasteiger partial charge in [0.05, 0.1) is 6.10 Å². The second kappa shape index (κ2) is 9.19. The number of nitrogens with zero attached hydrogens (tertiary/aromatic N) is 1. The van der Waals surface area contributed by atoms with Crippen molar-refractivity contribution < 1.29 is 9.90 Å². The first-order chi connectivity index (χ1) is 9.49. The minimum atomic E-state index is -0.342. The lowest BCUT2D eigenvalue weighted by molar-refractivity contribution is 0.116. The summed E-state index contributed by atoms with van der Waals surface area (Å²) in [5.74, 6) is 1.08. The molecule has 20 heavy (non-hydrogen) atoms. The van der Waals surface area contributed by atoms with Crippen LogP contribution in [-0.4, -0.2) is 54.9 Å². The number of nitrogens with one attached hydrogen (secondary N) is 2. The van der Waals surface area contributed by atoms with Crippen molar-refractivity contribution in [3.8, 4) is 0 Å². The van der Waals surface area contributed by atoms with E-state index >= 15 is 0 Å². The lowest BCUT2D eigenvalue weighted by atomic mass is 9.99. The maximum absolute atomic E-state index is 11.6. The van der Waals surface area contributed by atoms with Crippen LogP contribution in [0.15, 0.2) is 0 Å². The molecule has 1 fully saturated rings. The monoisotopic (exact) mass is 285 g/mol. The molecule has 1 rings (SSSR count). The fraction of sp³-hybridized carbons (Fsp3) is 0.933. The highest BCUT2D eigenvalue weighted by Gasteiger charge is 2.15. The van der Waals surface area contributed by atoms with Gasteiger partial charge in [-0.3, -0.25) is 0 Å². The molecule has 1 saturated heterocycles. The van der Waals surface area contributed by atoms with Gasteiger partial charge in [-0.25, -0.2) is 4.79 Å². The normalized spacial score (nSPS) is 19.1. The standard InChI is InChI=1S/C15H31N3O2/c1-12(2)14(19)4-7-16-15(20)17-8-11-18-9-5-13(3)6-10-18/h12-14,19H,4-11H2,1-3H3,(H2,16,17,20). The zero-order valence-electron chi connectivity index (χ0n) is 13.2. The average molecular weight is 285 g/mol. The van der Waals surface area contributed by atoms with Crippen LogP contribution in [-0.2, 0) is 0 Å². The summed E-state index contributed by atoms with van der Waals surface area (Å²) in [5.41, 5.74) is 0. The highest BCUT2D eigenvalue weighted by molar-refractivity contribution is 5.73. The lowest BCUT2D eigenvalue weighted by Crippen LogP contribution is -2.43. The largest absolute Gasteiger partial charge is 0.393 e. The molecular formula is C15H31N3O2. The van der Waals surface area contributed by atoms with Gasteiger partial charge in [0.25, 0.3) is 0 Å². The van der Waals surface area contributed by atoms with Gasteiger partial charge in [0, 0.05) is 19.6 Å². The molecule has 0 saturated carbocycles. The third-order valence-electron chi connectivity index (χ3n) is 4.09. The number of rotatable bonds is 7. The predicted octanol–water partition coefficient (Wildman–Crippen LogP) is 1.42. The van der Waals surface area contributed by atoms with Crippen molar-refractivity contribution >= 4 is 6.03 Å². The van der Waals surface area contributed by atoms with Crippen LogP contribution < -0.4 is 10.6 Å². The summed E-state index contributed by atoms with van der Waals surface area (Å²) in [6, 6.07) is -0.133. The molecule has 3 N–H and O–H groups in total. The molecule has 5 nitrogen and oxygen atoms in total. The molecule has 0 aromatic rings. The fourth-order valence-corrected chi connectivity index (χ4v) is 2.34. The van der Waals surface area contributed by atoms with Crippen LogP contribution in [0.2, 0.25) is 0 Å². The summed E-state index contributed by atoms with van der Waals surface area (Å²) in [4.78, 5) is 14.0. The van der Waals surface area contributed by atoms with E-state index in [-0.39, 0.29) is 18.1 Å². The number of urea groups is 1. The molecule has 1 aliphatic heterocycles. The Morgan fingerprint density at radius 1 is 1.25 bits per heavy atom. The molecule has 1 atom stereocenters. The number of carbonyl (C=O) groups excluding carboxylic acids is 1. The second-order valence-corrected chi connectivity index (χ2v) is 6.31. The van der Waals surface area contributed by atoms with Crippen LogP contribution in [0.5, 0.6) is 0 Å². The number of hydrogen-bond donors (Lipinski definition) is 3. The van der Waals surface area contributed by atoms with Gasteiger partial charge in [-0.2, -0.15) is 0 Å². The number of amides is 2. The third-order valence-corrected chi connectivity index (χ3v) is 4.09. The summed E-state index contributed by atoms with van der Waals surface area (Å²) in [7, 11) is 0. The Bertz CT molecular complexity index is 276. The second-order valence-electron chi connectivity index (χ2n) is 6.31. The van der Waals surface area contributed by atoms with E-state index in [0.717, 1.165) is 25.6 Å². The van der Waals surface area contributed by atoms with Crippen LogP contribution in [0.25, 0.3) is 0 Å². The van der Waals surface area contributed by atoms with Gasteiger partial charge in [0.1, 0.15) is 0 Å². The molecule has 1 heterocycles. The molecule has 0 aromatic heterocycles. The Hall–Kier alpha value is -0.810. The minimum absolute atomic E-state index is 0.133. The van der Waals surface area contributed by atoms with E-state index in [1.165, 1.54) is 12.8 Å². The van der Waals surface area contributed by atoms with Crippen molar-refractivity contribution in [1.82, 2.24) is 15.5 Å². The van der Waals surface area contributed by atoms with Gasteiger partial charge in [-0.1, -0.05) is 20.8 Å². The number of likely N-dealkylation sites (tertiary alicyclic amines) is 1. The van der Waals surface area contributed by atoms with Crippen molar-refractivity contribution in [3.05, 3.63) is 0 Å². The van der Waals surface area contributed by atoms with Crippen LogP contribution in [0.3, 0.4) is 0 Å². The van der Waals surface area contributed by atoms with E-state index in [9.17, 15) is 9.90 Å². The molecule has 0 bridgehead atoms. The van der Waals surface area contributed by atoms with E-state index in [4.69, 9.17) is 0 Å². The van der Waals surface area contributed by atoms with Crippen molar-refractivity contribution in [2.75, 3.05) is 32.7 Å². The van der Waals surface area contributed by atoms with Crippen LogP contribution in [0, 0.1) is 11.8 Å². The molecule has 0 aliphatic carbocycles. The summed E-state index contributed by atoms with van der Waals surface area (Å²) in [5, 5.41) is 15.3. The van der Waals surface area contributed by atoms with Gasteiger partial charge < -0.3 is 20.6 Å². The summed E-state index contributed by atoms with van der Waals surface area (Å²) >= 11 is 0. The van der Waals surface area contributed by atoms with E-state index in [0.29, 0.717) is 19.5 Å². The van der Waals surface area contributed by atoms with E-state index in [1.54, 1.807) is 0 Å². The molecular weight excluding hydrogens is 254 g/mol. The Morgan fingerprint density at radius 2 is 1.85 bits per heavy atom. The van der Waals surface area contributed by atoms with Gasteiger partial charge in [-0.15, -0.1) is 0 Å². The van der Waals surface area contributed by atoms with Crippen LogP contribution >= 0.6 is 0 Å². The molecule has 0 aromatic carbocycles. The Labute approximate surface area is 123 Å². The molecule has 2 amide bonds. The fourth-order valence-electron chi connectivity index (χ4n) is 2.34. The zero-order chi connectivity index (χ0) is 15.0. The van der Waals surface area contributed by atoms with E-state index < -0.39 is 0 Å². The zero-order valence-corrected chi connectivity index (χ0v) is 13.2. The first kappa shape index (κ1) is 17.2. The first-order valence-corrected chi connectivity index (χ1v) is 7.91. The number of aliphatic hydroxyl groups is 1. The van der Waals surface area contributed by atoms with Gasteiger partial charge >= 0.3 is 6.03 Å². The maximum atomic E-state index is 11.6. The Kier molecular flexibility index (Phi) is 7.92. The van der Waals surface area contributed by atoms with Gasteiger partial charge in [0.2, 0.25) is 0 Å². The molecule has 0 spiro atoms. The summed E-state index contributed by atoms with van der Waals surface area (Å²) < 4.78 is 0. The van der Waals surface area contributed by atoms with Crippen molar-refractivity contribution in [2.24, 2.45) is 11.8 Å². The minimum Gasteiger partial charge on any atom is -0.393 e. The quantitative estimate of drug-likeness (QED) is 0.663. The Balaban J connectivity index is 2.00. The topological polar surface area (TPSA) is 64.6 Å². The highest BCUT2D eigenvalue weighted by Crippen LogP contribution is 2.14. The molecule has 118 valence electrons. The number of hydrogen-bond acceptors (Lipinski definition) is 3. The lowest BCUT2D eigenvalue weighted by Gasteiger charge is -2.30. The van der Waals surface area contributed by atoms with E-state index in [1.807, 2.05) is 13.8 Å². The van der Waals surface area contributed by atoms with Crippen molar-refractivity contribution in [2.45, 2.75) is 46.1 Å². The number of aliphatic hydroxyl groups excluding tert-OH is 1. The summed E-state index contributed by atoms with van der Waals surface area (Å²) in [6.07, 6.45) is 2.79. The number of piperidine rings is 1. The third kappa shape index (κ3) is 7.10. The SMILES string of the molecule is CC1CCN(CCNC(=O)NCCC(O)C(C)C)CC1. The molecule has 1 aliphatic rings. The smallest absolute Gasteiger partial charge is 0.314 e. The maximum Gasteiger partial charge on any atom is 0.314 e. The van der Waals surface area contributed by atoms with Crippen molar-refractivity contribution in [3.63, 3.8) is 0 Å². The Morgan fingerprint density at radius 3 is 2.45 bits per heavy atom. The van der Waals surface area contributed by atoms with Crippen LogP contribution in [0.4, 0.5) is 4.79 Å². The predicted molar refractivity (Wildman–Crippen MR) is 81.7 cm³/mol. The van der Waals surface area contributed by atoms with E-state index in [2.05, 4.69) is 22.5 Å². The van der Waals surface area contributed by atoms with Gasteiger partial charge in [0.15, 0.2) is 0 Å². The molecule has 5 heteroatoms. The number of carbonyl (C=O) groups is 1. The van der Waals surface area contributed by atoms with Crippen molar-refractivity contribution in [1.29, 1.82) is 0 Å². The first-order valence-electron chi connectivity index (χ1n) is 7.91. The summed E-state index contributed by atoms with van der Waals surface area (Å²) in [6.45, 7) is 10.7. The van der Waals surface area contributed by atoms with Crippen LogP contribution in [0.1, 0.15) is 40.0 Å². The highest BCUT2D eigenvalue weighted by atomic mass is 16.3. The molecule has 1 unspecified atom stereocenters. The van der Waals surface area contributed by atoms with Gasteiger partial charge in [-0.05, 0) is 44.2 Å².